The van der Waals surface area contributed by atoms with Crippen LogP contribution in [0.1, 0.15) is 26.3 Å². The first kappa shape index (κ1) is 17.1. The van der Waals surface area contributed by atoms with Crippen molar-refractivity contribution in [3.05, 3.63) is 47.8 Å². The normalized spacial score (nSPS) is 13.7. The Labute approximate surface area is 133 Å². The summed E-state index contributed by atoms with van der Waals surface area (Å²) in [4.78, 5) is 8.17. The Balaban J connectivity index is 2.16. The first-order valence-corrected chi connectivity index (χ1v) is 7.19. The van der Waals surface area contributed by atoms with Gasteiger partial charge >= 0.3 is 0 Å². The molecule has 0 aliphatic rings. The number of benzene rings is 1. The monoisotopic (exact) mass is 323 g/mol. The van der Waals surface area contributed by atoms with Crippen molar-refractivity contribution in [2.24, 2.45) is 0 Å². The standard InChI is InChI=1S/C16H19F2N3O2/c1-10(2)23-15-14(19-6-7-20-15)21-9-16(3,22)12-5-4-11(17)8-13(12)18/h4-8,10,22H,9H2,1-3H3,(H,19,21). The van der Waals surface area contributed by atoms with E-state index in [1.54, 1.807) is 0 Å². The molecular formula is C16H19F2N3O2. The van der Waals surface area contributed by atoms with Gasteiger partial charge in [0.15, 0.2) is 5.82 Å². The average molecular weight is 323 g/mol. The van der Waals surface area contributed by atoms with Crippen molar-refractivity contribution in [3.63, 3.8) is 0 Å². The van der Waals surface area contributed by atoms with Gasteiger partial charge in [0.1, 0.15) is 17.2 Å². The van der Waals surface area contributed by atoms with Crippen LogP contribution in [0.2, 0.25) is 0 Å². The van der Waals surface area contributed by atoms with Gasteiger partial charge in [0.2, 0.25) is 0 Å². The fraction of sp³-hybridized carbons (Fsp3) is 0.375. The van der Waals surface area contributed by atoms with Gasteiger partial charge in [-0.05, 0) is 26.8 Å². The Hall–Kier alpha value is -2.28. The van der Waals surface area contributed by atoms with Gasteiger partial charge in [0, 0.05) is 30.6 Å². The second-order valence-electron chi connectivity index (χ2n) is 5.63. The Bertz CT molecular complexity index is 678. The maximum atomic E-state index is 13.8. The summed E-state index contributed by atoms with van der Waals surface area (Å²) < 4.78 is 32.3. The van der Waals surface area contributed by atoms with Gasteiger partial charge in [0.05, 0.1) is 6.10 Å². The SMILES string of the molecule is CC(C)Oc1nccnc1NCC(C)(O)c1ccc(F)cc1F. The number of ether oxygens (including phenoxy) is 1. The zero-order valence-electron chi connectivity index (χ0n) is 13.2. The molecule has 1 heterocycles. The lowest BCUT2D eigenvalue weighted by molar-refractivity contribution is 0.0672. The van der Waals surface area contributed by atoms with Crippen molar-refractivity contribution in [2.45, 2.75) is 32.5 Å². The molecule has 1 aromatic carbocycles. The van der Waals surface area contributed by atoms with Crippen LogP contribution in [0.3, 0.4) is 0 Å². The molecule has 0 spiro atoms. The number of halogens is 2. The van der Waals surface area contributed by atoms with Gasteiger partial charge in [-0.3, -0.25) is 0 Å². The minimum Gasteiger partial charge on any atom is -0.472 e. The molecule has 124 valence electrons. The molecule has 2 rings (SSSR count). The molecule has 0 saturated carbocycles. The number of nitrogens with one attached hydrogen (secondary N) is 1. The van der Waals surface area contributed by atoms with Crippen molar-refractivity contribution in [1.29, 1.82) is 0 Å². The van der Waals surface area contributed by atoms with Crippen LogP contribution < -0.4 is 10.1 Å². The summed E-state index contributed by atoms with van der Waals surface area (Å²) in [6.07, 6.45) is 2.87. The largest absolute Gasteiger partial charge is 0.472 e. The van der Waals surface area contributed by atoms with Gasteiger partial charge < -0.3 is 15.2 Å². The van der Waals surface area contributed by atoms with Crippen LogP contribution in [-0.2, 0) is 5.60 Å². The highest BCUT2D eigenvalue weighted by atomic mass is 19.1. The van der Waals surface area contributed by atoms with Crippen LogP contribution in [0.25, 0.3) is 0 Å². The molecule has 0 aliphatic carbocycles. The van der Waals surface area contributed by atoms with Crippen molar-refractivity contribution in [1.82, 2.24) is 9.97 Å². The molecular weight excluding hydrogens is 304 g/mol. The number of hydrogen-bond acceptors (Lipinski definition) is 5. The molecule has 0 fully saturated rings. The first-order chi connectivity index (χ1) is 10.8. The third-order valence-corrected chi connectivity index (χ3v) is 3.12. The molecule has 7 heteroatoms. The van der Waals surface area contributed by atoms with Crippen LogP contribution in [-0.4, -0.2) is 27.7 Å². The lowest BCUT2D eigenvalue weighted by atomic mass is 9.95. The predicted octanol–water partition coefficient (Wildman–Crippen LogP) is 2.86. The van der Waals surface area contributed by atoms with E-state index < -0.39 is 17.2 Å². The van der Waals surface area contributed by atoms with Crippen LogP contribution in [0, 0.1) is 11.6 Å². The third kappa shape index (κ3) is 4.35. The molecule has 23 heavy (non-hydrogen) atoms. The molecule has 1 atom stereocenters. The van der Waals surface area contributed by atoms with E-state index in [2.05, 4.69) is 15.3 Å². The van der Waals surface area contributed by atoms with Crippen LogP contribution in [0.4, 0.5) is 14.6 Å². The first-order valence-electron chi connectivity index (χ1n) is 7.19. The van der Waals surface area contributed by atoms with Crippen molar-refractivity contribution in [2.75, 3.05) is 11.9 Å². The zero-order chi connectivity index (χ0) is 17.0. The highest BCUT2D eigenvalue weighted by Crippen LogP contribution is 2.26. The lowest BCUT2D eigenvalue weighted by Gasteiger charge is -2.25. The van der Waals surface area contributed by atoms with E-state index in [4.69, 9.17) is 4.74 Å². The topological polar surface area (TPSA) is 67.3 Å². The molecule has 1 aromatic heterocycles. The summed E-state index contributed by atoms with van der Waals surface area (Å²) >= 11 is 0. The molecule has 0 bridgehead atoms. The Morgan fingerprint density at radius 1 is 1.26 bits per heavy atom. The highest BCUT2D eigenvalue weighted by Gasteiger charge is 2.27. The average Bonchev–Trinajstić information content (AvgIpc) is 2.45. The van der Waals surface area contributed by atoms with E-state index in [1.807, 2.05) is 13.8 Å². The fourth-order valence-corrected chi connectivity index (χ4v) is 2.03. The Morgan fingerprint density at radius 3 is 2.61 bits per heavy atom. The minimum atomic E-state index is -1.57. The van der Waals surface area contributed by atoms with E-state index in [-0.39, 0.29) is 24.1 Å². The van der Waals surface area contributed by atoms with E-state index >= 15 is 0 Å². The maximum Gasteiger partial charge on any atom is 0.257 e. The maximum absolute atomic E-state index is 13.8. The Kier molecular flexibility index (Phi) is 5.10. The number of aromatic nitrogens is 2. The summed E-state index contributed by atoms with van der Waals surface area (Å²) in [7, 11) is 0. The second-order valence-corrected chi connectivity index (χ2v) is 5.63. The van der Waals surface area contributed by atoms with Gasteiger partial charge in [-0.1, -0.05) is 6.07 Å². The zero-order valence-corrected chi connectivity index (χ0v) is 13.2. The lowest BCUT2D eigenvalue weighted by Crippen LogP contribution is -2.32. The van der Waals surface area contributed by atoms with Gasteiger partial charge in [-0.25, -0.2) is 18.7 Å². The molecule has 5 nitrogen and oxygen atoms in total. The van der Waals surface area contributed by atoms with Crippen LogP contribution in [0.15, 0.2) is 30.6 Å². The molecule has 0 amide bonds. The van der Waals surface area contributed by atoms with E-state index in [1.165, 1.54) is 25.4 Å². The third-order valence-electron chi connectivity index (χ3n) is 3.12. The Morgan fingerprint density at radius 2 is 1.96 bits per heavy atom. The minimum absolute atomic E-state index is 0.0124. The molecule has 0 aliphatic heterocycles. The number of hydrogen-bond donors (Lipinski definition) is 2. The molecule has 0 saturated heterocycles. The number of aliphatic hydroxyl groups is 1. The molecule has 1 unspecified atom stereocenters. The summed E-state index contributed by atoms with van der Waals surface area (Å²) in [5, 5.41) is 13.4. The highest BCUT2D eigenvalue weighted by molar-refractivity contribution is 5.45. The second kappa shape index (κ2) is 6.87. The number of anilines is 1. The summed E-state index contributed by atoms with van der Waals surface area (Å²) in [5.74, 6) is -0.881. The summed E-state index contributed by atoms with van der Waals surface area (Å²) in [6, 6.07) is 3.05. The fourth-order valence-electron chi connectivity index (χ4n) is 2.03. The molecule has 2 N–H and O–H groups in total. The van der Waals surface area contributed by atoms with E-state index in [0.717, 1.165) is 12.1 Å². The van der Waals surface area contributed by atoms with Gasteiger partial charge in [0.25, 0.3) is 5.88 Å². The van der Waals surface area contributed by atoms with E-state index in [0.29, 0.717) is 5.82 Å². The van der Waals surface area contributed by atoms with Crippen molar-refractivity contribution < 1.29 is 18.6 Å². The van der Waals surface area contributed by atoms with Crippen LogP contribution >= 0.6 is 0 Å². The predicted molar refractivity (Wildman–Crippen MR) is 82.2 cm³/mol. The number of nitrogens with zero attached hydrogens (tertiary/aromatic N) is 2. The number of rotatable bonds is 6. The summed E-state index contributed by atoms with van der Waals surface area (Å²) in [5.41, 5.74) is -1.58. The van der Waals surface area contributed by atoms with Crippen LogP contribution in [0.5, 0.6) is 5.88 Å². The quantitative estimate of drug-likeness (QED) is 0.855. The van der Waals surface area contributed by atoms with Gasteiger partial charge in [-0.2, -0.15) is 0 Å². The smallest absolute Gasteiger partial charge is 0.257 e. The summed E-state index contributed by atoms with van der Waals surface area (Å²) in [6.45, 7) is 5.07. The van der Waals surface area contributed by atoms with Crippen molar-refractivity contribution in [3.8, 4) is 5.88 Å². The van der Waals surface area contributed by atoms with Gasteiger partial charge in [-0.15, -0.1) is 0 Å². The molecule has 0 radical (unpaired) electrons. The van der Waals surface area contributed by atoms with Crippen molar-refractivity contribution >= 4 is 5.82 Å². The molecule has 2 aromatic rings. The van der Waals surface area contributed by atoms with E-state index in [9.17, 15) is 13.9 Å².